The lowest BCUT2D eigenvalue weighted by molar-refractivity contribution is 0.583. The third-order valence-corrected chi connectivity index (χ3v) is 7.72. The third-order valence-electron chi connectivity index (χ3n) is 7.72. The summed E-state index contributed by atoms with van der Waals surface area (Å²) in [6.07, 6.45) is 0. The predicted octanol–water partition coefficient (Wildman–Crippen LogP) is 8.42. The second-order valence-electron chi connectivity index (χ2n) is 11.9. The summed E-state index contributed by atoms with van der Waals surface area (Å²) in [4.78, 5) is 0. The zero-order valence-electron chi connectivity index (χ0n) is 20.1. The SMILES string of the molecule is CC(C)(C)c1ccc2c(c1)C1c3ccc(C(C)(C)C)cc3C2c2cc3ccccc3cc21. The normalized spacial score (nSPS) is 18.9. The van der Waals surface area contributed by atoms with Crippen molar-refractivity contribution in [1.82, 2.24) is 0 Å². The number of rotatable bonds is 0. The second kappa shape index (κ2) is 6.35. The first-order chi connectivity index (χ1) is 15.1. The molecule has 0 radical (unpaired) electrons. The molecule has 0 N–H and O–H groups in total. The van der Waals surface area contributed by atoms with Crippen molar-refractivity contribution in [3.05, 3.63) is 117 Å². The van der Waals surface area contributed by atoms with Crippen LogP contribution in [0.15, 0.2) is 72.8 Å². The molecule has 160 valence electrons. The Morgan fingerprint density at radius 2 is 0.812 bits per heavy atom. The molecule has 0 spiro atoms. The second-order valence-corrected chi connectivity index (χ2v) is 11.9. The molecule has 0 fully saturated rings. The molecule has 0 aliphatic heterocycles. The van der Waals surface area contributed by atoms with Gasteiger partial charge in [0.15, 0.2) is 0 Å². The van der Waals surface area contributed by atoms with Gasteiger partial charge in [-0.3, -0.25) is 0 Å². The monoisotopic (exact) mass is 416 g/mol. The van der Waals surface area contributed by atoms with E-state index in [1.165, 1.54) is 55.3 Å². The zero-order valence-corrected chi connectivity index (χ0v) is 20.1. The van der Waals surface area contributed by atoms with Crippen molar-refractivity contribution < 1.29 is 0 Å². The highest BCUT2D eigenvalue weighted by Gasteiger charge is 2.42. The van der Waals surface area contributed by atoms with Crippen molar-refractivity contribution in [2.75, 3.05) is 0 Å². The van der Waals surface area contributed by atoms with E-state index in [0.29, 0.717) is 11.8 Å². The average Bonchev–Trinajstić information content (AvgIpc) is 2.75. The Bertz CT molecular complexity index is 1280. The van der Waals surface area contributed by atoms with E-state index in [2.05, 4.69) is 114 Å². The molecule has 2 atom stereocenters. The van der Waals surface area contributed by atoms with Gasteiger partial charge in [-0.05, 0) is 78.2 Å². The van der Waals surface area contributed by atoms with Gasteiger partial charge in [-0.2, -0.15) is 0 Å². The molecule has 4 aromatic rings. The lowest BCUT2D eigenvalue weighted by Gasteiger charge is -2.43. The van der Waals surface area contributed by atoms with Gasteiger partial charge in [0.05, 0.1) is 0 Å². The van der Waals surface area contributed by atoms with Crippen molar-refractivity contribution >= 4 is 10.8 Å². The fraction of sp³-hybridized carbons (Fsp3) is 0.312. The topological polar surface area (TPSA) is 0 Å². The van der Waals surface area contributed by atoms with Gasteiger partial charge in [0.25, 0.3) is 0 Å². The Balaban J connectivity index is 1.67. The summed E-state index contributed by atoms with van der Waals surface area (Å²) >= 11 is 0. The van der Waals surface area contributed by atoms with Gasteiger partial charge in [-0.1, -0.05) is 102 Å². The Hall–Kier alpha value is -2.86. The van der Waals surface area contributed by atoms with Gasteiger partial charge in [0, 0.05) is 11.8 Å². The van der Waals surface area contributed by atoms with Crippen LogP contribution in [0.1, 0.15) is 97.9 Å². The number of benzene rings is 4. The smallest absolute Gasteiger partial charge is 0.0349 e. The molecule has 0 saturated heterocycles. The molecule has 32 heavy (non-hydrogen) atoms. The fourth-order valence-corrected chi connectivity index (χ4v) is 5.89. The van der Waals surface area contributed by atoms with Gasteiger partial charge >= 0.3 is 0 Å². The number of hydrogen-bond acceptors (Lipinski definition) is 0. The summed E-state index contributed by atoms with van der Waals surface area (Å²) in [5.74, 6) is 0.641. The van der Waals surface area contributed by atoms with E-state index in [1.54, 1.807) is 0 Å². The van der Waals surface area contributed by atoms with Crippen LogP contribution in [0.3, 0.4) is 0 Å². The lowest BCUT2D eigenvalue weighted by Crippen LogP contribution is -2.29. The molecule has 0 amide bonds. The summed E-state index contributed by atoms with van der Waals surface area (Å²) in [7, 11) is 0. The molecule has 4 aromatic carbocycles. The minimum atomic E-state index is 0.150. The maximum Gasteiger partial charge on any atom is 0.0349 e. The van der Waals surface area contributed by atoms with E-state index in [1.807, 2.05) is 0 Å². The number of fused-ring (bicyclic) bond motifs is 1. The molecular formula is C32H32. The van der Waals surface area contributed by atoms with Gasteiger partial charge in [0.1, 0.15) is 0 Å². The maximum atomic E-state index is 2.51. The van der Waals surface area contributed by atoms with E-state index in [-0.39, 0.29) is 10.8 Å². The van der Waals surface area contributed by atoms with Crippen LogP contribution in [-0.2, 0) is 10.8 Å². The summed E-state index contributed by atoms with van der Waals surface area (Å²) in [6.45, 7) is 13.9. The quantitative estimate of drug-likeness (QED) is 0.233. The van der Waals surface area contributed by atoms with E-state index in [9.17, 15) is 0 Å². The average molecular weight is 417 g/mol. The van der Waals surface area contributed by atoms with E-state index in [4.69, 9.17) is 0 Å². The van der Waals surface area contributed by atoms with Crippen LogP contribution < -0.4 is 0 Å². The first-order valence-corrected chi connectivity index (χ1v) is 11.9. The third kappa shape index (κ3) is 2.75. The van der Waals surface area contributed by atoms with Crippen molar-refractivity contribution in [1.29, 1.82) is 0 Å². The van der Waals surface area contributed by atoms with Gasteiger partial charge in [0.2, 0.25) is 0 Å². The largest absolute Gasteiger partial charge is 0.0616 e. The van der Waals surface area contributed by atoms with Gasteiger partial charge in [-0.15, -0.1) is 0 Å². The molecule has 2 bridgehead atoms. The van der Waals surface area contributed by atoms with E-state index >= 15 is 0 Å². The fourth-order valence-electron chi connectivity index (χ4n) is 5.89. The van der Waals surface area contributed by atoms with Crippen molar-refractivity contribution in [2.45, 2.75) is 64.2 Å². The molecule has 3 aliphatic carbocycles. The molecule has 0 saturated carbocycles. The van der Waals surface area contributed by atoms with Gasteiger partial charge in [-0.25, -0.2) is 0 Å². The van der Waals surface area contributed by atoms with Crippen LogP contribution >= 0.6 is 0 Å². The first kappa shape index (κ1) is 19.8. The number of hydrogen-bond donors (Lipinski definition) is 0. The Morgan fingerprint density at radius 3 is 1.19 bits per heavy atom. The summed E-state index contributed by atoms with van der Waals surface area (Å²) in [5, 5.41) is 2.69. The highest BCUT2D eigenvalue weighted by Crippen LogP contribution is 2.57. The predicted molar refractivity (Wildman–Crippen MR) is 136 cm³/mol. The summed E-state index contributed by atoms with van der Waals surface area (Å²) < 4.78 is 0. The first-order valence-electron chi connectivity index (χ1n) is 11.9. The van der Waals surface area contributed by atoms with Crippen LogP contribution in [0.5, 0.6) is 0 Å². The molecule has 0 nitrogen and oxygen atoms in total. The molecule has 3 aliphatic rings. The van der Waals surface area contributed by atoms with E-state index in [0.717, 1.165) is 0 Å². The van der Waals surface area contributed by atoms with Crippen LogP contribution in [0, 0.1) is 0 Å². The molecule has 0 aromatic heterocycles. The van der Waals surface area contributed by atoms with Crippen LogP contribution in [0.4, 0.5) is 0 Å². The van der Waals surface area contributed by atoms with E-state index < -0.39 is 0 Å². The Morgan fingerprint density at radius 1 is 0.438 bits per heavy atom. The van der Waals surface area contributed by atoms with Crippen molar-refractivity contribution in [2.24, 2.45) is 0 Å². The highest BCUT2D eigenvalue weighted by atomic mass is 14.4. The maximum absolute atomic E-state index is 2.51. The summed E-state index contributed by atoms with van der Waals surface area (Å²) in [6, 6.07) is 28.4. The molecule has 0 heterocycles. The molecular weight excluding hydrogens is 384 g/mol. The molecule has 0 heteroatoms. The minimum Gasteiger partial charge on any atom is -0.0616 e. The summed E-state index contributed by atoms with van der Waals surface area (Å²) in [5.41, 5.74) is 12.2. The lowest BCUT2D eigenvalue weighted by atomic mass is 9.59. The van der Waals surface area contributed by atoms with Crippen LogP contribution in [0.25, 0.3) is 10.8 Å². The standard InChI is InChI=1S/C32H32/c1-31(2,3)21-11-13-23-27(17-21)29-24-14-12-22(32(4,5)6)18-28(24)30(23)26-16-20-10-8-7-9-19(20)15-25(26)29/h7-18,29-30H,1-6H3. The Kier molecular flexibility index (Phi) is 3.93. The van der Waals surface area contributed by atoms with Crippen LogP contribution in [0.2, 0.25) is 0 Å². The highest BCUT2D eigenvalue weighted by molar-refractivity contribution is 5.87. The van der Waals surface area contributed by atoms with Crippen molar-refractivity contribution in [3.8, 4) is 0 Å². The Labute approximate surface area is 192 Å². The van der Waals surface area contributed by atoms with Gasteiger partial charge < -0.3 is 0 Å². The zero-order chi connectivity index (χ0) is 22.4. The molecule has 2 unspecified atom stereocenters. The minimum absolute atomic E-state index is 0.150. The molecule has 7 rings (SSSR count). The van der Waals surface area contributed by atoms with Crippen molar-refractivity contribution in [3.63, 3.8) is 0 Å². The van der Waals surface area contributed by atoms with Crippen LogP contribution in [-0.4, -0.2) is 0 Å².